The van der Waals surface area contributed by atoms with Gasteiger partial charge in [-0.05, 0) is 48.2 Å². The van der Waals surface area contributed by atoms with Gasteiger partial charge in [-0.25, -0.2) is 4.98 Å². The Morgan fingerprint density at radius 2 is 1.88 bits per heavy atom. The highest BCUT2D eigenvalue weighted by Gasteiger charge is 2.16. The van der Waals surface area contributed by atoms with Crippen LogP contribution >= 0.6 is 35.0 Å². The number of ether oxygens (including phenoxy) is 1. The molecule has 10 nitrogen and oxygen atoms in total. The summed E-state index contributed by atoms with van der Waals surface area (Å²) in [5.74, 6) is 0.172. The first-order valence-corrected chi connectivity index (χ1v) is 11.1. The maximum absolute atomic E-state index is 12.1. The largest absolute Gasteiger partial charge is 0.477 e. The number of aromatic nitrogens is 3. The third kappa shape index (κ3) is 6.67. The molecule has 0 aliphatic heterocycles. The fraction of sp³-hybridized carbons (Fsp3) is 0.200. The molecule has 0 saturated heterocycles. The zero-order valence-electron chi connectivity index (χ0n) is 17.0. The zero-order chi connectivity index (χ0) is 24.0. The molecule has 0 saturated carbocycles. The minimum atomic E-state index is -1.01. The number of benzene rings is 2. The molecule has 33 heavy (non-hydrogen) atoms. The number of nitrogens with two attached hydrogens (primary N) is 2. The van der Waals surface area contributed by atoms with Crippen molar-refractivity contribution in [3.8, 4) is 17.1 Å². The lowest BCUT2D eigenvalue weighted by atomic mass is 10.2. The average molecular weight is 511 g/mol. The number of aliphatic hydroxyl groups is 2. The summed E-state index contributed by atoms with van der Waals surface area (Å²) in [5, 5.41) is 21.6. The Bertz CT molecular complexity index is 1140. The van der Waals surface area contributed by atoms with Crippen molar-refractivity contribution in [2.24, 2.45) is 5.73 Å². The number of carbonyl (C=O) groups excluding carboxylic acids is 1. The molecule has 1 atom stereocenters. The summed E-state index contributed by atoms with van der Waals surface area (Å²) >= 11 is 13.6. The molecule has 0 bridgehead atoms. The Balaban J connectivity index is 1.80. The summed E-state index contributed by atoms with van der Waals surface area (Å²) < 4.78 is 5.30. The Kier molecular flexibility index (Phi) is 8.67. The standard InChI is InChI=1S/C20H20Cl2N6O4S/c21-14-6-15(22)16(32-9-23)5-13(14)17-26-19(24)28-20(27-17)33-12-3-1-10(2-4-12)18(31)25-7-11(30)8-29/h1-6,11,29-30H,7-9,23H2,(H,25,31)(H2,24,26,27,28). The second-order valence-electron chi connectivity index (χ2n) is 6.55. The highest BCUT2D eigenvalue weighted by Crippen LogP contribution is 2.36. The van der Waals surface area contributed by atoms with Crippen molar-refractivity contribution in [3.63, 3.8) is 0 Å². The van der Waals surface area contributed by atoms with E-state index >= 15 is 0 Å². The quantitative estimate of drug-likeness (QED) is 0.268. The molecule has 1 aromatic heterocycles. The van der Waals surface area contributed by atoms with Gasteiger partial charge < -0.3 is 26.0 Å². The molecule has 2 aromatic carbocycles. The lowest BCUT2D eigenvalue weighted by molar-refractivity contribution is 0.0802. The van der Waals surface area contributed by atoms with Crippen molar-refractivity contribution in [3.05, 3.63) is 52.0 Å². The van der Waals surface area contributed by atoms with Crippen LogP contribution in [-0.2, 0) is 0 Å². The number of hydrogen-bond donors (Lipinski definition) is 5. The predicted molar refractivity (Wildman–Crippen MR) is 125 cm³/mol. The summed E-state index contributed by atoms with van der Waals surface area (Å²) in [5.41, 5.74) is 12.1. The summed E-state index contributed by atoms with van der Waals surface area (Å²) in [4.78, 5) is 25.6. The molecule has 1 amide bonds. The van der Waals surface area contributed by atoms with Gasteiger partial charge in [0.1, 0.15) is 12.5 Å². The number of carbonyl (C=O) groups is 1. The van der Waals surface area contributed by atoms with Gasteiger partial charge in [-0.2, -0.15) is 9.97 Å². The highest BCUT2D eigenvalue weighted by molar-refractivity contribution is 7.99. The number of nitrogens with one attached hydrogen (secondary N) is 1. The van der Waals surface area contributed by atoms with Crippen LogP contribution in [0.15, 0.2) is 46.5 Å². The Hall–Kier alpha value is -2.67. The van der Waals surface area contributed by atoms with E-state index in [9.17, 15) is 9.90 Å². The van der Waals surface area contributed by atoms with E-state index < -0.39 is 12.7 Å². The van der Waals surface area contributed by atoms with E-state index in [0.717, 1.165) is 4.90 Å². The van der Waals surface area contributed by atoms with E-state index in [4.69, 9.17) is 44.5 Å². The van der Waals surface area contributed by atoms with Crippen LogP contribution in [0.25, 0.3) is 11.4 Å². The van der Waals surface area contributed by atoms with Gasteiger partial charge in [0.15, 0.2) is 11.0 Å². The van der Waals surface area contributed by atoms with Crippen molar-refractivity contribution < 1.29 is 19.7 Å². The molecule has 7 N–H and O–H groups in total. The van der Waals surface area contributed by atoms with Crippen LogP contribution in [0.2, 0.25) is 10.0 Å². The predicted octanol–water partition coefficient (Wildman–Crippen LogP) is 1.96. The minimum absolute atomic E-state index is 0.00625. The van der Waals surface area contributed by atoms with Gasteiger partial charge in [0, 0.05) is 22.6 Å². The van der Waals surface area contributed by atoms with Crippen LogP contribution in [0, 0.1) is 0 Å². The summed E-state index contributed by atoms with van der Waals surface area (Å²) in [6.45, 7) is -0.559. The molecule has 0 radical (unpaired) electrons. The second kappa shape index (κ2) is 11.5. The van der Waals surface area contributed by atoms with Crippen LogP contribution in [0.1, 0.15) is 10.4 Å². The number of hydrogen-bond acceptors (Lipinski definition) is 10. The Labute approximate surface area is 203 Å². The normalized spacial score (nSPS) is 11.8. The van der Waals surface area contributed by atoms with Crippen molar-refractivity contribution in [1.82, 2.24) is 20.3 Å². The van der Waals surface area contributed by atoms with Gasteiger partial charge in [-0.15, -0.1) is 0 Å². The summed E-state index contributed by atoms with van der Waals surface area (Å²) in [6.07, 6.45) is -1.01. The second-order valence-corrected chi connectivity index (χ2v) is 8.40. The topological polar surface area (TPSA) is 170 Å². The first-order chi connectivity index (χ1) is 15.8. The molecule has 3 aromatic rings. The molecule has 1 heterocycles. The van der Waals surface area contributed by atoms with E-state index in [2.05, 4.69) is 20.3 Å². The van der Waals surface area contributed by atoms with Crippen molar-refractivity contribution >= 4 is 46.8 Å². The molecule has 0 fully saturated rings. The van der Waals surface area contributed by atoms with Crippen LogP contribution in [0.5, 0.6) is 5.75 Å². The molecule has 13 heteroatoms. The van der Waals surface area contributed by atoms with Crippen molar-refractivity contribution in [2.45, 2.75) is 16.2 Å². The molecule has 3 rings (SSSR count). The van der Waals surface area contributed by atoms with Gasteiger partial charge in [0.05, 0.1) is 22.8 Å². The molecular weight excluding hydrogens is 491 g/mol. The van der Waals surface area contributed by atoms with Gasteiger partial charge >= 0.3 is 0 Å². The molecule has 0 aliphatic carbocycles. The maximum Gasteiger partial charge on any atom is 0.251 e. The van der Waals surface area contributed by atoms with E-state index in [1.807, 2.05) is 0 Å². The van der Waals surface area contributed by atoms with Crippen LogP contribution < -0.4 is 21.5 Å². The van der Waals surface area contributed by atoms with Crippen LogP contribution in [-0.4, -0.2) is 57.1 Å². The zero-order valence-corrected chi connectivity index (χ0v) is 19.4. The smallest absolute Gasteiger partial charge is 0.251 e. The fourth-order valence-electron chi connectivity index (χ4n) is 2.60. The van der Waals surface area contributed by atoms with Gasteiger partial charge in [-0.1, -0.05) is 23.2 Å². The molecule has 0 spiro atoms. The number of nitrogen functional groups attached to an aromatic ring is 1. The number of anilines is 1. The number of rotatable bonds is 9. The lowest BCUT2D eigenvalue weighted by Crippen LogP contribution is -2.33. The number of aliphatic hydroxyl groups excluding tert-OH is 2. The Morgan fingerprint density at radius 1 is 1.15 bits per heavy atom. The number of halogens is 2. The molecule has 174 valence electrons. The first-order valence-electron chi connectivity index (χ1n) is 9.49. The SMILES string of the molecule is NCOc1cc(-c2nc(N)nc(Sc3ccc(C(=O)NCC(O)CO)cc3)n2)c(Cl)cc1Cl. The van der Waals surface area contributed by atoms with Gasteiger partial charge in [-0.3, -0.25) is 10.5 Å². The van der Waals surface area contributed by atoms with E-state index in [-0.39, 0.29) is 31.0 Å². The highest BCUT2D eigenvalue weighted by atomic mass is 35.5. The summed E-state index contributed by atoms with van der Waals surface area (Å²) in [6, 6.07) is 9.72. The Morgan fingerprint density at radius 3 is 2.55 bits per heavy atom. The fourth-order valence-corrected chi connectivity index (χ4v) is 3.87. The molecular formula is C20H20Cl2N6O4S. The molecule has 0 aliphatic rings. The lowest BCUT2D eigenvalue weighted by Gasteiger charge is -2.11. The van der Waals surface area contributed by atoms with Crippen molar-refractivity contribution in [1.29, 1.82) is 0 Å². The van der Waals surface area contributed by atoms with Gasteiger partial charge in [0.2, 0.25) is 5.95 Å². The minimum Gasteiger partial charge on any atom is -0.477 e. The monoisotopic (exact) mass is 510 g/mol. The van der Waals surface area contributed by atoms with Crippen LogP contribution in [0.3, 0.4) is 0 Å². The average Bonchev–Trinajstić information content (AvgIpc) is 2.79. The third-order valence-corrected chi connectivity index (χ3v) is 5.65. The van der Waals surface area contributed by atoms with E-state index in [0.29, 0.717) is 32.1 Å². The number of nitrogens with zero attached hydrogens (tertiary/aromatic N) is 3. The summed E-state index contributed by atoms with van der Waals surface area (Å²) in [7, 11) is 0. The van der Waals surface area contributed by atoms with Crippen LogP contribution in [0.4, 0.5) is 5.95 Å². The molecule has 1 unspecified atom stereocenters. The van der Waals surface area contributed by atoms with E-state index in [1.165, 1.54) is 17.8 Å². The number of amides is 1. The first kappa shape index (κ1) is 25.0. The van der Waals surface area contributed by atoms with Crippen molar-refractivity contribution in [2.75, 3.05) is 25.6 Å². The van der Waals surface area contributed by atoms with Gasteiger partial charge in [0.25, 0.3) is 5.91 Å². The third-order valence-electron chi connectivity index (χ3n) is 4.17. The maximum atomic E-state index is 12.1. The van der Waals surface area contributed by atoms with E-state index in [1.54, 1.807) is 30.3 Å².